The summed E-state index contributed by atoms with van der Waals surface area (Å²) in [6.45, 7) is 2.98. The molecule has 0 spiro atoms. The summed E-state index contributed by atoms with van der Waals surface area (Å²) >= 11 is 0. The van der Waals surface area contributed by atoms with E-state index in [0.29, 0.717) is 45.3 Å². The third-order valence-electron chi connectivity index (χ3n) is 2.93. The average molecular weight is 215 g/mol. The van der Waals surface area contributed by atoms with Crippen LogP contribution in [0.5, 0.6) is 0 Å². The van der Waals surface area contributed by atoms with Crippen LogP contribution in [0.15, 0.2) is 0 Å². The predicted octanol–water partition coefficient (Wildman–Crippen LogP) is -0.757. The van der Waals surface area contributed by atoms with E-state index in [9.17, 15) is 4.79 Å². The molecule has 0 saturated carbocycles. The number of ether oxygens (including phenoxy) is 2. The number of carbonyl (C=O) groups excluding carboxylic acids is 1. The van der Waals surface area contributed by atoms with Crippen LogP contribution in [0.3, 0.4) is 0 Å². The number of amides is 1. The van der Waals surface area contributed by atoms with Crippen molar-refractivity contribution >= 4 is 5.91 Å². The lowest BCUT2D eigenvalue weighted by Crippen LogP contribution is -2.51. The van der Waals surface area contributed by atoms with E-state index in [1.165, 1.54) is 0 Å². The summed E-state index contributed by atoms with van der Waals surface area (Å²) in [6.07, 6.45) is 0.538. The third-order valence-corrected chi connectivity index (χ3v) is 2.93. The Morgan fingerprint density at radius 3 is 2.73 bits per heavy atom. The van der Waals surface area contributed by atoms with E-state index in [2.05, 4.69) is 0 Å². The molecule has 0 bridgehead atoms. The summed E-state index contributed by atoms with van der Waals surface area (Å²) in [4.78, 5) is 13.6. The quantitative estimate of drug-likeness (QED) is 0.672. The number of morpholine rings is 1. The number of rotatable bonds is 3. The van der Waals surface area contributed by atoms with Crippen molar-refractivity contribution in [1.29, 1.82) is 0 Å². The molecule has 2 saturated heterocycles. The second kappa shape index (κ2) is 4.92. The van der Waals surface area contributed by atoms with Crippen LogP contribution in [0.2, 0.25) is 0 Å². The predicted molar refractivity (Wildman–Crippen MR) is 52.3 cm³/mol. The van der Waals surface area contributed by atoms with Crippen molar-refractivity contribution in [3.05, 3.63) is 0 Å². The summed E-state index contributed by atoms with van der Waals surface area (Å²) in [6, 6.07) is -0.160. The van der Waals surface area contributed by atoms with Crippen molar-refractivity contribution in [2.75, 3.05) is 39.6 Å². The van der Waals surface area contributed by atoms with E-state index in [1.54, 1.807) is 4.90 Å². The van der Waals surface area contributed by atoms with Gasteiger partial charge in [-0.15, -0.1) is 0 Å². The van der Waals surface area contributed by atoms with Gasteiger partial charge in [0.25, 0.3) is 0 Å². The molecule has 0 aromatic carbocycles. The Hall–Kier alpha value is -0.650. The first-order valence-electron chi connectivity index (χ1n) is 5.37. The van der Waals surface area contributed by atoms with Gasteiger partial charge in [0.05, 0.1) is 39.1 Å². The molecule has 2 fully saturated rings. The van der Waals surface area contributed by atoms with Crippen molar-refractivity contribution in [3.8, 4) is 0 Å². The third kappa shape index (κ3) is 2.48. The monoisotopic (exact) mass is 215 g/mol. The largest absolute Gasteiger partial charge is 0.394 e. The highest BCUT2D eigenvalue weighted by molar-refractivity contribution is 5.77. The molecular formula is C10H17NO4. The summed E-state index contributed by atoms with van der Waals surface area (Å²) in [5.74, 6) is 0.491. The lowest BCUT2D eigenvalue weighted by molar-refractivity contribution is -0.146. The molecule has 86 valence electrons. The maximum absolute atomic E-state index is 11.9. The zero-order chi connectivity index (χ0) is 10.7. The van der Waals surface area contributed by atoms with E-state index in [0.717, 1.165) is 0 Å². The second-order valence-electron chi connectivity index (χ2n) is 4.11. The molecule has 15 heavy (non-hydrogen) atoms. The lowest BCUT2D eigenvalue weighted by atomic mass is 10.0. The molecule has 2 rings (SSSR count). The molecule has 1 atom stereocenters. The van der Waals surface area contributed by atoms with Gasteiger partial charge in [-0.2, -0.15) is 0 Å². The molecule has 2 aliphatic heterocycles. The van der Waals surface area contributed by atoms with Crippen LogP contribution in [-0.2, 0) is 14.3 Å². The van der Waals surface area contributed by atoms with E-state index in [-0.39, 0.29) is 18.6 Å². The highest BCUT2D eigenvalue weighted by Gasteiger charge is 2.30. The van der Waals surface area contributed by atoms with Gasteiger partial charge in [0.2, 0.25) is 5.91 Å². The highest BCUT2D eigenvalue weighted by Crippen LogP contribution is 2.17. The summed E-state index contributed by atoms with van der Waals surface area (Å²) in [5.41, 5.74) is 0. The van der Waals surface area contributed by atoms with Crippen molar-refractivity contribution in [1.82, 2.24) is 4.90 Å². The van der Waals surface area contributed by atoms with E-state index in [1.807, 2.05) is 0 Å². The standard InChI is InChI=1S/C10H17NO4/c12-4-9-7-14-2-1-11(9)10(13)3-8-5-15-6-8/h8-9,12H,1-7H2. The molecule has 0 aliphatic carbocycles. The number of aliphatic hydroxyl groups is 1. The van der Waals surface area contributed by atoms with Crippen LogP contribution in [0.4, 0.5) is 0 Å². The molecule has 0 radical (unpaired) electrons. The van der Waals surface area contributed by atoms with Crippen molar-refractivity contribution in [2.45, 2.75) is 12.5 Å². The lowest BCUT2D eigenvalue weighted by Gasteiger charge is -2.36. The number of hydrogen-bond acceptors (Lipinski definition) is 4. The molecule has 1 N–H and O–H groups in total. The molecule has 5 heteroatoms. The van der Waals surface area contributed by atoms with Gasteiger partial charge in [-0.25, -0.2) is 0 Å². The Morgan fingerprint density at radius 2 is 2.13 bits per heavy atom. The maximum Gasteiger partial charge on any atom is 0.223 e. The Kier molecular flexibility index (Phi) is 3.56. The first-order valence-corrected chi connectivity index (χ1v) is 5.37. The minimum atomic E-state index is -0.160. The highest BCUT2D eigenvalue weighted by atomic mass is 16.5. The van der Waals surface area contributed by atoms with Gasteiger partial charge < -0.3 is 19.5 Å². The zero-order valence-corrected chi connectivity index (χ0v) is 8.72. The fourth-order valence-corrected chi connectivity index (χ4v) is 1.90. The van der Waals surface area contributed by atoms with Crippen molar-refractivity contribution in [3.63, 3.8) is 0 Å². The second-order valence-corrected chi connectivity index (χ2v) is 4.11. The fraction of sp³-hybridized carbons (Fsp3) is 0.900. The molecule has 2 heterocycles. The van der Waals surface area contributed by atoms with E-state index >= 15 is 0 Å². The summed E-state index contributed by atoms with van der Waals surface area (Å²) in [7, 11) is 0. The molecular weight excluding hydrogens is 198 g/mol. The SMILES string of the molecule is O=C(CC1COC1)N1CCOCC1CO. The number of carbonyl (C=O) groups is 1. The topological polar surface area (TPSA) is 59.0 Å². The minimum absolute atomic E-state index is 0.0209. The van der Waals surface area contributed by atoms with Crippen molar-refractivity contribution in [2.24, 2.45) is 5.92 Å². The van der Waals surface area contributed by atoms with Gasteiger partial charge >= 0.3 is 0 Å². The summed E-state index contributed by atoms with van der Waals surface area (Å²) in [5, 5.41) is 9.12. The average Bonchev–Trinajstić information content (AvgIpc) is 2.23. The Labute approximate surface area is 89.0 Å². The Bertz CT molecular complexity index is 229. The van der Waals surface area contributed by atoms with Gasteiger partial charge in [-0.1, -0.05) is 0 Å². The molecule has 2 aliphatic rings. The van der Waals surface area contributed by atoms with Crippen LogP contribution in [-0.4, -0.2) is 61.5 Å². The number of nitrogens with zero attached hydrogens (tertiary/aromatic N) is 1. The van der Waals surface area contributed by atoms with Gasteiger partial charge in [-0.3, -0.25) is 4.79 Å². The van der Waals surface area contributed by atoms with Crippen LogP contribution in [0, 0.1) is 5.92 Å². The number of hydrogen-bond donors (Lipinski definition) is 1. The molecule has 0 aromatic heterocycles. The Balaban J connectivity index is 1.85. The minimum Gasteiger partial charge on any atom is -0.394 e. The molecule has 1 amide bonds. The van der Waals surface area contributed by atoms with Crippen LogP contribution in [0.1, 0.15) is 6.42 Å². The van der Waals surface area contributed by atoms with Crippen LogP contribution in [0.25, 0.3) is 0 Å². The van der Waals surface area contributed by atoms with Gasteiger partial charge in [-0.05, 0) is 0 Å². The van der Waals surface area contributed by atoms with E-state index < -0.39 is 0 Å². The first-order chi connectivity index (χ1) is 7.31. The van der Waals surface area contributed by atoms with Gasteiger partial charge in [0, 0.05) is 18.9 Å². The van der Waals surface area contributed by atoms with Crippen molar-refractivity contribution < 1.29 is 19.4 Å². The van der Waals surface area contributed by atoms with Gasteiger partial charge in [0.1, 0.15) is 0 Å². The van der Waals surface area contributed by atoms with Crippen LogP contribution >= 0.6 is 0 Å². The Morgan fingerprint density at radius 1 is 1.33 bits per heavy atom. The smallest absolute Gasteiger partial charge is 0.223 e. The fourth-order valence-electron chi connectivity index (χ4n) is 1.90. The molecule has 1 unspecified atom stereocenters. The normalized spacial score (nSPS) is 27.5. The van der Waals surface area contributed by atoms with Gasteiger partial charge in [0.15, 0.2) is 0 Å². The van der Waals surface area contributed by atoms with Crippen LogP contribution < -0.4 is 0 Å². The zero-order valence-electron chi connectivity index (χ0n) is 8.72. The maximum atomic E-state index is 11.9. The summed E-state index contributed by atoms with van der Waals surface area (Å²) < 4.78 is 10.3. The molecule has 5 nitrogen and oxygen atoms in total. The number of aliphatic hydroxyl groups excluding tert-OH is 1. The molecule has 0 aromatic rings. The first kappa shape index (κ1) is 10.9. The van der Waals surface area contributed by atoms with E-state index in [4.69, 9.17) is 14.6 Å².